The minimum Gasteiger partial charge on any atom is -0.484 e. The Hall–Kier alpha value is -2.08. The smallest absolute Gasteiger partial charge is 0.258 e. The number of rotatable bonds is 3. The van der Waals surface area contributed by atoms with Gasteiger partial charge < -0.3 is 19.9 Å². The molecule has 29 heavy (non-hydrogen) atoms. The molecule has 1 aromatic carbocycles. The Morgan fingerprint density at radius 1 is 1.21 bits per heavy atom. The molecule has 2 aliphatic heterocycles. The lowest BCUT2D eigenvalue weighted by molar-refractivity contribution is -0.123. The third kappa shape index (κ3) is 4.58. The van der Waals surface area contributed by atoms with Crippen LogP contribution in [-0.4, -0.2) is 66.5 Å². The van der Waals surface area contributed by atoms with Crippen molar-refractivity contribution in [2.24, 2.45) is 0 Å². The third-order valence-electron chi connectivity index (χ3n) is 6.66. The fourth-order valence-corrected chi connectivity index (χ4v) is 4.86. The van der Waals surface area contributed by atoms with Crippen molar-refractivity contribution in [1.29, 1.82) is 0 Å². The zero-order valence-electron chi connectivity index (χ0n) is 17.7. The number of fused-ring (bicyclic) bond motifs is 1. The standard InChI is InChI=1S/C23H33N3O3/c1-17-8-9-20-19(14-17)22(28)26(15-21(27)24-18-6-4-3-5-7-18)16-23(29-20)10-12-25(2)13-11-23/h8-9,14,18H,3-7,10-13,15-16H2,1-2H3,(H,24,27). The van der Waals surface area contributed by atoms with E-state index in [0.717, 1.165) is 44.3 Å². The van der Waals surface area contributed by atoms with Gasteiger partial charge in [0, 0.05) is 32.0 Å². The van der Waals surface area contributed by atoms with Crippen molar-refractivity contribution in [3.05, 3.63) is 29.3 Å². The van der Waals surface area contributed by atoms with Gasteiger partial charge in [0.15, 0.2) is 0 Å². The summed E-state index contributed by atoms with van der Waals surface area (Å²) in [6.07, 6.45) is 7.38. The molecule has 2 fully saturated rings. The number of carbonyl (C=O) groups is 2. The van der Waals surface area contributed by atoms with Gasteiger partial charge in [0.2, 0.25) is 5.91 Å². The van der Waals surface area contributed by atoms with Crippen molar-refractivity contribution in [2.45, 2.75) is 63.5 Å². The summed E-state index contributed by atoms with van der Waals surface area (Å²) in [6.45, 7) is 4.40. The summed E-state index contributed by atoms with van der Waals surface area (Å²) in [5, 5.41) is 3.16. The zero-order chi connectivity index (χ0) is 20.4. The molecule has 1 saturated carbocycles. The Balaban J connectivity index is 1.56. The SMILES string of the molecule is Cc1ccc2c(c1)C(=O)N(CC(=O)NC1CCCCC1)CC1(CCN(C)CC1)O2. The lowest BCUT2D eigenvalue weighted by Gasteiger charge is -2.41. The molecule has 0 aromatic heterocycles. The lowest BCUT2D eigenvalue weighted by Crippen LogP contribution is -2.55. The summed E-state index contributed by atoms with van der Waals surface area (Å²) < 4.78 is 6.50. The van der Waals surface area contributed by atoms with Crippen LogP contribution in [0.15, 0.2) is 18.2 Å². The third-order valence-corrected chi connectivity index (χ3v) is 6.66. The van der Waals surface area contributed by atoms with E-state index in [1.807, 2.05) is 25.1 Å². The minimum absolute atomic E-state index is 0.0515. The first-order chi connectivity index (χ1) is 13.9. The second-order valence-corrected chi connectivity index (χ2v) is 9.15. The van der Waals surface area contributed by atoms with E-state index < -0.39 is 5.60 Å². The molecule has 6 nitrogen and oxygen atoms in total. The van der Waals surface area contributed by atoms with Gasteiger partial charge in [0.1, 0.15) is 17.9 Å². The molecule has 4 rings (SSSR count). The van der Waals surface area contributed by atoms with Crippen LogP contribution in [0.4, 0.5) is 0 Å². The number of hydrogen-bond acceptors (Lipinski definition) is 4. The maximum atomic E-state index is 13.4. The Bertz CT molecular complexity index is 765. The number of carbonyl (C=O) groups excluding carboxylic acids is 2. The van der Waals surface area contributed by atoms with Crippen molar-refractivity contribution >= 4 is 11.8 Å². The van der Waals surface area contributed by atoms with Crippen LogP contribution in [0.5, 0.6) is 5.75 Å². The van der Waals surface area contributed by atoms with Crippen molar-refractivity contribution in [2.75, 3.05) is 33.2 Å². The molecular weight excluding hydrogens is 366 g/mol. The molecule has 2 amide bonds. The number of hydrogen-bond donors (Lipinski definition) is 1. The van der Waals surface area contributed by atoms with Crippen molar-refractivity contribution < 1.29 is 14.3 Å². The number of nitrogens with one attached hydrogen (secondary N) is 1. The first kappa shape index (κ1) is 20.2. The maximum absolute atomic E-state index is 13.4. The molecule has 0 atom stereocenters. The molecule has 3 aliphatic rings. The van der Waals surface area contributed by atoms with E-state index in [2.05, 4.69) is 17.3 Å². The molecule has 1 N–H and O–H groups in total. The number of amides is 2. The van der Waals surface area contributed by atoms with Crippen LogP contribution < -0.4 is 10.1 Å². The molecule has 0 bridgehead atoms. The van der Waals surface area contributed by atoms with Gasteiger partial charge in [-0.25, -0.2) is 0 Å². The highest BCUT2D eigenvalue weighted by Crippen LogP contribution is 2.35. The van der Waals surface area contributed by atoms with Crippen LogP contribution in [-0.2, 0) is 4.79 Å². The van der Waals surface area contributed by atoms with Gasteiger partial charge in [-0.05, 0) is 38.9 Å². The molecule has 158 valence electrons. The van der Waals surface area contributed by atoms with E-state index in [4.69, 9.17) is 4.74 Å². The van der Waals surface area contributed by atoms with E-state index in [1.165, 1.54) is 19.3 Å². The molecule has 1 aliphatic carbocycles. The number of piperidine rings is 1. The van der Waals surface area contributed by atoms with E-state index in [-0.39, 0.29) is 24.4 Å². The zero-order valence-corrected chi connectivity index (χ0v) is 17.7. The normalized spacial score (nSPS) is 22.7. The van der Waals surface area contributed by atoms with Crippen LogP contribution in [0.3, 0.4) is 0 Å². The fourth-order valence-electron chi connectivity index (χ4n) is 4.86. The molecule has 0 radical (unpaired) electrons. The van der Waals surface area contributed by atoms with Crippen molar-refractivity contribution in [3.63, 3.8) is 0 Å². The number of nitrogens with zero attached hydrogens (tertiary/aromatic N) is 2. The van der Waals surface area contributed by atoms with Crippen LogP contribution in [0, 0.1) is 6.92 Å². The van der Waals surface area contributed by atoms with E-state index in [1.54, 1.807) is 4.90 Å². The van der Waals surface area contributed by atoms with E-state index in [0.29, 0.717) is 17.9 Å². The van der Waals surface area contributed by atoms with Gasteiger partial charge >= 0.3 is 0 Å². The average molecular weight is 400 g/mol. The number of likely N-dealkylation sites (tertiary alicyclic amines) is 1. The van der Waals surface area contributed by atoms with Crippen LogP contribution in [0.2, 0.25) is 0 Å². The first-order valence-corrected chi connectivity index (χ1v) is 11.0. The average Bonchev–Trinajstić information content (AvgIpc) is 2.81. The molecule has 0 unspecified atom stereocenters. The molecule has 6 heteroatoms. The summed E-state index contributed by atoms with van der Waals surface area (Å²) in [6, 6.07) is 6.04. The van der Waals surface area contributed by atoms with E-state index >= 15 is 0 Å². The van der Waals surface area contributed by atoms with Crippen LogP contribution >= 0.6 is 0 Å². The number of aryl methyl sites for hydroxylation is 1. The summed E-state index contributed by atoms with van der Waals surface area (Å²) >= 11 is 0. The largest absolute Gasteiger partial charge is 0.484 e. The molecule has 2 heterocycles. The van der Waals surface area contributed by atoms with Crippen molar-refractivity contribution in [3.8, 4) is 5.75 Å². The van der Waals surface area contributed by atoms with Gasteiger partial charge in [-0.1, -0.05) is 30.9 Å². The van der Waals surface area contributed by atoms with Gasteiger partial charge in [0.05, 0.1) is 12.1 Å². The van der Waals surface area contributed by atoms with Crippen molar-refractivity contribution in [1.82, 2.24) is 15.1 Å². The summed E-state index contributed by atoms with van der Waals surface area (Å²) in [4.78, 5) is 30.2. The highest BCUT2D eigenvalue weighted by molar-refractivity contribution is 5.99. The quantitative estimate of drug-likeness (QED) is 0.849. The predicted molar refractivity (Wildman–Crippen MR) is 112 cm³/mol. The Labute approximate surface area is 173 Å². The second-order valence-electron chi connectivity index (χ2n) is 9.15. The summed E-state index contributed by atoms with van der Waals surface area (Å²) in [7, 11) is 2.11. The topological polar surface area (TPSA) is 61.9 Å². The Kier molecular flexibility index (Phi) is 5.81. The van der Waals surface area contributed by atoms with Gasteiger partial charge in [-0.15, -0.1) is 0 Å². The number of ether oxygens (including phenoxy) is 1. The van der Waals surface area contributed by atoms with Gasteiger partial charge in [-0.3, -0.25) is 9.59 Å². The molecule has 1 spiro atoms. The number of benzene rings is 1. The fraction of sp³-hybridized carbons (Fsp3) is 0.652. The Morgan fingerprint density at radius 3 is 2.66 bits per heavy atom. The summed E-state index contributed by atoms with van der Waals surface area (Å²) in [5.41, 5.74) is 1.17. The minimum atomic E-state index is -0.423. The van der Waals surface area contributed by atoms with E-state index in [9.17, 15) is 9.59 Å². The predicted octanol–water partition coefficient (Wildman–Crippen LogP) is 2.74. The first-order valence-electron chi connectivity index (χ1n) is 11.0. The molecule has 1 saturated heterocycles. The highest BCUT2D eigenvalue weighted by atomic mass is 16.5. The summed E-state index contributed by atoms with van der Waals surface area (Å²) in [5.74, 6) is 0.503. The lowest BCUT2D eigenvalue weighted by atomic mass is 9.90. The Morgan fingerprint density at radius 2 is 1.93 bits per heavy atom. The molecular formula is C23H33N3O3. The maximum Gasteiger partial charge on any atom is 0.258 e. The van der Waals surface area contributed by atoms with Gasteiger partial charge in [0.25, 0.3) is 5.91 Å². The van der Waals surface area contributed by atoms with Crippen LogP contribution in [0.1, 0.15) is 60.9 Å². The molecule has 1 aromatic rings. The second kappa shape index (κ2) is 8.34. The van der Waals surface area contributed by atoms with Crippen LogP contribution in [0.25, 0.3) is 0 Å². The monoisotopic (exact) mass is 399 g/mol. The highest BCUT2D eigenvalue weighted by Gasteiger charge is 2.43. The van der Waals surface area contributed by atoms with Gasteiger partial charge in [-0.2, -0.15) is 0 Å².